The Labute approximate surface area is 59.2 Å². The first-order chi connectivity index (χ1) is 4.13. The smallest absolute Gasteiger partial charge is 0.104 e. The van der Waals surface area contributed by atoms with E-state index in [0.29, 0.717) is 0 Å². The summed E-state index contributed by atoms with van der Waals surface area (Å²) < 4.78 is 0. The van der Waals surface area contributed by atoms with Crippen molar-refractivity contribution in [1.82, 2.24) is 0 Å². The number of hydrogen-bond acceptors (Lipinski definition) is 2. The fourth-order valence-corrected chi connectivity index (χ4v) is 0.799. The largest absolute Gasteiger partial charge is 0.309 e. The second kappa shape index (κ2) is 2.14. The summed E-state index contributed by atoms with van der Waals surface area (Å²) in [5, 5.41) is -0.289. The molecule has 0 saturated carbocycles. The molecule has 0 aromatic carbocycles. The Morgan fingerprint density at radius 3 is 2.33 bits per heavy atom. The number of allylic oxidation sites excluding steroid dienone is 2. The summed E-state index contributed by atoms with van der Waals surface area (Å²) in [6, 6.07) is 0. The molecule has 0 radical (unpaired) electrons. The molecule has 1 rings (SSSR count). The molecule has 3 heteroatoms. The van der Waals surface area contributed by atoms with Gasteiger partial charge in [-0.25, -0.2) is 0 Å². The van der Waals surface area contributed by atoms with Gasteiger partial charge >= 0.3 is 0 Å². The SMILES string of the molecule is NC1(N)C=CC=CC1Cl. The van der Waals surface area contributed by atoms with Gasteiger partial charge in [-0.05, 0) is 6.08 Å². The lowest BCUT2D eigenvalue weighted by Gasteiger charge is -2.25. The molecule has 0 aromatic rings. The Bertz CT molecular complexity index is 160. The number of hydrogen-bond donors (Lipinski definition) is 2. The van der Waals surface area contributed by atoms with Gasteiger partial charge in [0, 0.05) is 0 Å². The van der Waals surface area contributed by atoms with E-state index in [1.807, 2.05) is 6.08 Å². The number of nitrogens with two attached hydrogens (primary N) is 2. The minimum atomic E-state index is -0.865. The molecule has 1 atom stereocenters. The molecule has 0 aromatic heterocycles. The average Bonchev–Trinajstić information content (AvgIpc) is 1.77. The maximum Gasteiger partial charge on any atom is 0.104 e. The molecule has 0 spiro atoms. The monoisotopic (exact) mass is 144 g/mol. The maximum atomic E-state index is 5.72. The lowest BCUT2D eigenvalue weighted by molar-refractivity contribution is 0.564. The van der Waals surface area contributed by atoms with Gasteiger partial charge in [0.15, 0.2) is 0 Å². The average molecular weight is 145 g/mol. The molecule has 0 fully saturated rings. The molecule has 1 unspecified atom stereocenters. The van der Waals surface area contributed by atoms with Crippen molar-refractivity contribution in [3.05, 3.63) is 24.3 Å². The highest BCUT2D eigenvalue weighted by molar-refractivity contribution is 6.23. The summed E-state index contributed by atoms with van der Waals surface area (Å²) in [6.45, 7) is 0. The Kier molecular flexibility index (Phi) is 1.62. The zero-order valence-electron chi connectivity index (χ0n) is 4.92. The van der Waals surface area contributed by atoms with Crippen LogP contribution >= 0.6 is 11.6 Å². The third kappa shape index (κ3) is 1.33. The predicted octanol–water partition coefficient (Wildman–Crippen LogP) is 0.333. The third-order valence-electron chi connectivity index (χ3n) is 1.25. The van der Waals surface area contributed by atoms with Crippen molar-refractivity contribution >= 4 is 11.6 Å². The van der Waals surface area contributed by atoms with Crippen molar-refractivity contribution in [3.8, 4) is 0 Å². The van der Waals surface area contributed by atoms with E-state index in [9.17, 15) is 0 Å². The summed E-state index contributed by atoms with van der Waals surface area (Å²) in [6.07, 6.45) is 7.07. The minimum Gasteiger partial charge on any atom is -0.309 e. The molecule has 9 heavy (non-hydrogen) atoms. The van der Waals surface area contributed by atoms with Gasteiger partial charge < -0.3 is 11.5 Å². The lowest BCUT2D eigenvalue weighted by Crippen LogP contribution is -2.54. The van der Waals surface area contributed by atoms with Crippen molar-refractivity contribution < 1.29 is 0 Å². The van der Waals surface area contributed by atoms with Crippen LogP contribution in [0.5, 0.6) is 0 Å². The van der Waals surface area contributed by atoms with Gasteiger partial charge in [-0.2, -0.15) is 0 Å². The molecular formula is C6H9ClN2. The molecule has 4 N–H and O–H groups in total. The zero-order chi connectivity index (χ0) is 6.91. The van der Waals surface area contributed by atoms with Crippen molar-refractivity contribution in [3.63, 3.8) is 0 Å². The summed E-state index contributed by atoms with van der Waals surface area (Å²) in [4.78, 5) is 0. The zero-order valence-corrected chi connectivity index (χ0v) is 5.68. The van der Waals surface area contributed by atoms with Gasteiger partial charge in [0.05, 0.1) is 5.38 Å². The van der Waals surface area contributed by atoms with Gasteiger partial charge in [-0.15, -0.1) is 11.6 Å². The Morgan fingerprint density at radius 2 is 2.00 bits per heavy atom. The Balaban J connectivity index is 2.78. The molecule has 0 heterocycles. The van der Waals surface area contributed by atoms with E-state index in [0.717, 1.165) is 0 Å². The summed E-state index contributed by atoms with van der Waals surface area (Å²) >= 11 is 5.72. The van der Waals surface area contributed by atoms with Crippen molar-refractivity contribution in [2.75, 3.05) is 0 Å². The normalized spacial score (nSPS) is 30.8. The molecule has 0 amide bonds. The number of rotatable bonds is 0. The molecule has 1 aliphatic carbocycles. The van der Waals surface area contributed by atoms with Gasteiger partial charge in [-0.1, -0.05) is 18.2 Å². The van der Waals surface area contributed by atoms with Gasteiger partial charge in [0.25, 0.3) is 0 Å². The van der Waals surface area contributed by atoms with E-state index in [4.69, 9.17) is 23.1 Å². The topological polar surface area (TPSA) is 52.0 Å². The Hall–Kier alpha value is -0.310. The summed E-state index contributed by atoms with van der Waals surface area (Å²) in [5.74, 6) is 0. The maximum absolute atomic E-state index is 5.72. The molecular weight excluding hydrogens is 136 g/mol. The number of halogens is 1. The summed E-state index contributed by atoms with van der Waals surface area (Å²) in [5.41, 5.74) is 10.2. The standard InChI is InChI=1S/C6H9ClN2/c7-5-3-1-2-4-6(5,8)9/h1-5H,8-9H2. The van der Waals surface area contributed by atoms with Gasteiger partial charge in [-0.3, -0.25) is 0 Å². The van der Waals surface area contributed by atoms with Crippen molar-refractivity contribution in [2.45, 2.75) is 11.0 Å². The van der Waals surface area contributed by atoms with Gasteiger partial charge in [0.2, 0.25) is 0 Å². The van der Waals surface area contributed by atoms with Crippen LogP contribution in [0, 0.1) is 0 Å². The highest BCUT2D eigenvalue weighted by atomic mass is 35.5. The quantitative estimate of drug-likeness (QED) is 0.381. The van der Waals surface area contributed by atoms with Crippen LogP contribution in [0.2, 0.25) is 0 Å². The second-order valence-electron chi connectivity index (χ2n) is 2.15. The molecule has 1 aliphatic rings. The molecule has 0 saturated heterocycles. The van der Waals surface area contributed by atoms with Crippen LogP contribution in [0.4, 0.5) is 0 Å². The van der Waals surface area contributed by atoms with Crippen LogP contribution in [0.3, 0.4) is 0 Å². The highest BCUT2D eigenvalue weighted by Gasteiger charge is 2.24. The van der Waals surface area contributed by atoms with Crippen molar-refractivity contribution in [1.29, 1.82) is 0 Å². The predicted molar refractivity (Wildman–Crippen MR) is 39.0 cm³/mol. The number of alkyl halides is 1. The van der Waals surface area contributed by atoms with Crippen LogP contribution in [0.25, 0.3) is 0 Å². The van der Waals surface area contributed by atoms with Gasteiger partial charge in [0.1, 0.15) is 5.66 Å². The van der Waals surface area contributed by atoms with E-state index in [1.54, 1.807) is 18.2 Å². The minimum absolute atomic E-state index is 0.289. The van der Waals surface area contributed by atoms with E-state index in [1.165, 1.54) is 0 Å². The summed E-state index contributed by atoms with van der Waals surface area (Å²) in [7, 11) is 0. The fraction of sp³-hybridized carbons (Fsp3) is 0.333. The van der Waals surface area contributed by atoms with E-state index < -0.39 is 5.66 Å². The molecule has 50 valence electrons. The van der Waals surface area contributed by atoms with Crippen LogP contribution < -0.4 is 11.5 Å². The van der Waals surface area contributed by atoms with Crippen molar-refractivity contribution in [2.24, 2.45) is 11.5 Å². The molecule has 0 bridgehead atoms. The second-order valence-corrected chi connectivity index (χ2v) is 2.62. The highest BCUT2D eigenvalue weighted by Crippen LogP contribution is 2.14. The van der Waals surface area contributed by atoms with E-state index >= 15 is 0 Å². The Morgan fingerprint density at radius 1 is 1.33 bits per heavy atom. The van der Waals surface area contributed by atoms with Crippen LogP contribution in [-0.2, 0) is 0 Å². The van der Waals surface area contributed by atoms with Crippen LogP contribution in [-0.4, -0.2) is 11.0 Å². The van der Waals surface area contributed by atoms with E-state index in [2.05, 4.69) is 0 Å². The van der Waals surface area contributed by atoms with Crippen LogP contribution in [0.15, 0.2) is 24.3 Å². The molecule has 0 aliphatic heterocycles. The lowest BCUT2D eigenvalue weighted by atomic mass is 10.0. The fourth-order valence-electron chi connectivity index (χ4n) is 0.643. The van der Waals surface area contributed by atoms with E-state index in [-0.39, 0.29) is 5.38 Å². The first kappa shape index (κ1) is 6.81. The third-order valence-corrected chi connectivity index (χ3v) is 1.78. The van der Waals surface area contributed by atoms with Crippen LogP contribution in [0.1, 0.15) is 0 Å². The first-order valence-electron chi connectivity index (χ1n) is 2.71. The molecule has 2 nitrogen and oxygen atoms in total. The first-order valence-corrected chi connectivity index (χ1v) is 3.14.